The van der Waals surface area contributed by atoms with Crippen LogP contribution in [-0.4, -0.2) is 29.2 Å². The molecular weight excluding hydrogens is 268 g/mol. The number of fused-ring (bicyclic) bond motifs is 1. The van der Waals surface area contributed by atoms with E-state index in [9.17, 15) is 4.79 Å². The summed E-state index contributed by atoms with van der Waals surface area (Å²) >= 11 is 0. The minimum absolute atomic E-state index is 0.162. The zero-order chi connectivity index (χ0) is 14.8. The van der Waals surface area contributed by atoms with E-state index < -0.39 is 5.97 Å². The zero-order valence-corrected chi connectivity index (χ0v) is 11.9. The SMILES string of the molecule is COc1ccc2ccnc(NC3CCC(C(=O)O)C3)c2c1. The first-order chi connectivity index (χ1) is 10.2. The number of nitrogens with one attached hydrogen (secondary N) is 1. The second-order valence-corrected chi connectivity index (χ2v) is 5.44. The van der Waals surface area contributed by atoms with Crippen LogP contribution in [0.1, 0.15) is 19.3 Å². The van der Waals surface area contributed by atoms with E-state index in [0.29, 0.717) is 6.42 Å². The van der Waals surface area contributed by atoms with Gasteiger partial charge in [-0.25, -0.2) is 4.98 Å². The number of benzene rings is 1. The number of carbonyl (C=O) groups is 1. The van der Waals surface area contributed by atoms with Crippen LogP contribution in [0.15, 0.2) is 30.5 Å². The minimum Gasteiger partial charge on any atom is -0.497 e. The van der Waals surface area contributed by atoms with Gasteiger partial charge in [-0.05, 0) is 42.8 Å². The van der Waals surface area contributed by atoms with E-state index in [1.165, 1.54) is 0 Å². The number of carboxylic acid groups (broad SMARTS) is 1. The predicted octanol–water partition coefficient (Wildman–Crippen LogP) is 2.91. The molecule has 2 unspecified atom stereocenters. The Morgan fingerprint density at radius 2 is 2.24 bits per heavy atom. The average molecular weight is 286 g/mol. The molecule has 0 amide bonds. The van der Waals surface area contributed by atoms with Crippen LogP contribution in [0.25, 0.3) is 10.8 Å². The second-order valence-electron chi connectivity index (χ2n) is 5.44. The molecule has 0 spiro atoms. The molecule has 0 radical (unpaired) electrons. The predicted molar refractivity (Wildman–Crippen MR) is 80.7 cm³/mol. The Labute approximate surface area is 123 Å². The van der Waals surface area contributed by atoms with Gasteiger partial charge < -0.3 is 15.2 Å². The molecule has 2 atom stereocenters. The Bertz CT molecular complexity index is 672. The summed E-state index contributed by atoms with van der Waals surface area (Å²) in [5, 5.41) is 14.5. The maximum Gasteiger partial charge on any atom is 0.306 e. The van der Waals surface area contributed by atoms with Crippen molar-refractivity contribution >= 4 is 22.6 Å². The summed E-state index contributed by atoms with van der Waals surface area (Å²) in [5.41, 5.74) is 0. The van der Waals surface area contributed by atoms with Crippen molar-refractivity contribution in [3.8, 4) is 5.75 Å². The summed E-state index contributed by atoms with van der Waals surface area (Å²) in [6.45, 7) is 0. The molecule has 0 saturated heterocycles. The van der Waals surface area contributed by atoms with Gasteiger partial charge in [-0.3, -0.25) is 4.79 Å². The van der Waals surface area contributed by atoms with Crippen LogP contribution in [0.2, 0.25) is 0 Å². The minimum atomic E-state index is -0.702. The van der Waals surface area contributed by atoms with Crippen molar-refractivity contribution in [2.24, 2.45) is 5.92 Å². The second kappa shape index (κ2) is 5.60. The van der Waals surface area contributed by atoms with Crippen LogP contribution < -0.4 is 10.1 Å². The average Bonchev–Trinajstić information content (AvgIpc) is 2.96. The van der Waals surface area contributed by atoms with Crippen molar-refractivity contribution in [3.63, 3.8) is 0 Å². The standard InChI is InChI=1S/C16H18N2O3/c1-21-13-5-3-10-6-7-17-15(14(10)9-13)18-12-4-2-11(8-12)16(19)20/h3,5-7,9,11-12H,2,4,8H2,1H3,(H,17,18)(H,19,20). The summed E-state index contributed by atoms with van der Waals surface area (Å²) in [6, 6.07) is 7.98. The third kappa shape index (κ3) is 2.77. The molecule has 1 aliphatic rings. The van der Waals surface area contributed by atoms with Crippen LogP contribution in [0.5, 0.6) is 5.75 Å². The first kappa shape index (κ1) is 13.7. The maximum atomic E-state index is 11.0. The third-order valence-electron chi connectivity index (χ3n) is 4.10. The molecule has 0 aliphatic heterocycles. The van der Waals surface area contributed by atoms with Gasteiger partial charge in [-0.1, -0.05) is 6.07 Å². The van der Waals surface area contributed by atoms with Gasteiger partial charge in [0.1, 0.15) is 11.6 Å². The highest BCUT2D eigenvalue weighted by Crippen LogP contribution is 2.31. The number of aromatic nitrogens is 1. The molecule has 5 nitrogen and oxygen atoms in total. The Hall–Kier alpha value is -2.30. The lowest BCUT2D eigenvalue weighted by molar-refractivity contribution is -0.141. The molecule has 21 heavy (non-hydrogen) atoms. The van der Waals surface area contributed by atoms with Crippen molar-refractivity contribution in [3.05, 3.63) is 30.5 Å². The van der Waals surface area contributed by atoms with Crippen molar-refractivity contribution in [1.82, 2.24) is 4.98 Å². The Kier molecular flexibility index (Phi) is 3.64. The van der Waals surface area contributed by atoms with Gasteiger partial charge in [0, 0.05) is 17.6 Å². The summed E-state index contributed by atoms with van der Waals surface area (Å²) in [6.07, 6.45) is 4.00. The highest BCUT2D eigenvalue weighted by molar-refractivity contribution is 5.92. The summed E-state index contributed by atoms with van der Waals surface area (Å²) in [7, 11) is 1.64. The van der Waals surface area contributed by atoms with E-state index in [-0.39, 0.29) is 12.0 Å². The first-order valence-corrected chi connectivity index (χ1v) is 7.09. The van der Waals surface area contributed by atoms with Crippen LogP contribution in [-0.2, 0) is 4.79 Å². The first-order valence-electron chi connectivity index (χ1n) is 7.09. The smallest absolute Gasteiger partial charge is 0.306 e. The highest BCUT2D eigenvalue weighted by atomic mass is 16.5. The van der Waals surface area contributed by atoms with E-state index in [0.717, 1.165) is 35.2 Å². The van der Waals surface area contributed by atoms with Crippen LogP contribution in [0.4, 0.5) is 5.82 Å². The van der Waals surface area contributed by atoms with Crippen LogP contribution in [0, 0.1) is 5.92 Å². The molecule has 5 heteroatoms. The quantitative estimate of drug-likeness (QED) is 0.904. The molecular formula is C16H18N2O3. The number of hydrogen-bond donors (Lipinski definition) is 2. The van der Waals surface area contributed by atoms with E-state index in [2.05, 4.69) is 10.3 Å². The Balaban J connectivity index is 1.85. The van der Waals surface area contributed by atoms with Crippen molar-refractivity contribution in [1.29, 1.82) is 0 Å². The lowest BCUT2D eigenvalue weighted by Crippen LogP contribution is -2.18. The molecule has 110 valence electrons. The molecule has 1 saturated carbocycles. The lowest BCUT2D eigenvalue weighted by atomic mass is 10.1. The van der Waals surface area contributed by atoms with Gasteiger partial charge in [0.05, 0.1) is 13.0 Å². The molecule has 1 aliphatic carbocycles. The summed E-state index contributed by atoms with van der Waals surface area (Å²) in [4.78, 5) is 15.4. The van der Waals surface area contributed by atoms with Crippen molar-refractivity contribution < 1.29 is 14.6 Å². The molecule has 3 rings (SSSR count). The van der Waals surface area contributed by atoms with Crippen molar-refractivity contribution in [2.45, 2.75) is 25.3 Å². The number of aliphatic carboxylic acids is 1. The zero-order valence-electron chi connectivity index (χ0n) is 11.9. The van der Waals surface area contributed by atoms with Gasteiger partial charge in [0.25, 0.3) is 0 Å². The third-order valence-corrected chi connectivity index (χ3v) is 4.10. The van der Waals surface area contributed by atoms with Gasteiger partial charge in [-0.2, -0.15) is 0 Å². The number of hydrogen-bond acceptors (Lipinski definition) is 4. The van der Waals surface area contributed by atoms with Gasteiger partial charge in [0.15, 0.2) is 0 Å². The number of methoxy groups -OCH3 is 1. The van der Waals surface area contributed by atoms with E-state index >= 15 is 0 Å². The fraction of sp³-hybridized carbons (Fsp3) is 0.375. The molecule has 2 N–H and O–H groups in total. The summed E-state index contributed by atoms with van der Waals surface area (Å²) in [5.74, 6) is 0.634. The van der Waals surface area contributed by atoms with Gasteiger partial charge >= 0.3 is 5.97 Å². The Morgan fingerprint density at radius 3 is 2.95 bits per heavy atom. The normalized spacial score (nSPS) is 21.4. The largest absolute Gasteiger partial charge is 0.497 e. The van der Waals surface area contributed by atoms with Crippen molar-refractivity contribution in [2.75, 3.05) is 12.4 Å². The lowest BCUT2D eigenvalue weighted by Gasteiger charge is -2.15. The van der Waals surface area contributed by atoms with Gasteiger partial charge in [0.2, 0.25) is 0 Å². The number of rotatable bonds is 4. The number of pyridine rings is 1. The van der Waals surface area contributed by atoms with Crippen LogP contribution >= 0.6 is 0 Å². The monoisotopic (exact) mass is 286 g/mol. The molecule has 1 fully saturated rings. The molecule has 1 aromatic carbocycles. The number of carboxylic acids is 1. The van der Waals surface area contributed by atoms with E-state index in [4.69, 9.17) is 9.84 Å². The molecule has 1 aromatic heterocycles. The number of anilines is 1. The maximum absolute atomic E-state index is 11.0. The number of nitrogens with zero attached hydrogens (tertiary/aromatic N) is 1. The van der Waals surface area contributed by atoms with Crippen LogP contribution in [0.3, 0.4) is 0 Å². The molecule has 1 heterocycles. The molecule has 0 bridgehead atoms. The topological polar surface area (TPSA) is 71.5 Å². The fourth-order valence-corrected chi connectivity index (χ4v) is 2.92. The number of ether oxygens (including phenoxy) is 1. The summed E-state index contributed by atoms with van der Waals surface area (Å²) < 4.78 is 5.26. The van der Waals surface area contributed by atoms with E-state index in [1.807, 2.05) is 24.3 Å². The van der Waals surface area contributed by atoms with Gasteiger partial charge in [-0.15, -0.1) is 0 Å². The Morgan fingerprint density at radius 1 is 1.38 bits per heavy atom. The van der Waals surface area contributed by atoms with E-state index in [1.54, 1.807) is 13.3 Å². The fourth-order valence-electron chi connectivity index (χ4n) is 2.92. The highest BCUT2D eigenvalue weighted by Gasteiger charge is 2.29. The molecule has 2 aromatic rings.